The van der Waals surface area contributed by atoms with E-state index in [9.17, 15) is 0 Å². The molecule has 0 atom stereocenters. The molecule has 0 aliphatic rings. The van der Waals surface area contributed by atoms with Crippen LogP contribution in [0, 0.1) is 0 Å². The fraction of sp³-hybridized carbons (Fsp3) is 0. The molecule has 5 heterocycles. The first-order valence-corrected chi connectivity index (χ1v) is 23.5. The smallest absolute Gasteiger partial charge is 0.164 e. The van der Waals surface area contributed by atoms with Crippen molar-refractivity contribution in [3.63, 3.8) is 0 Å². The normalized spacial score (nSPS) is 12.0. The van der Waals surface area contributed by atoms with Crippen molar-refractivity contribution >= 4 is 87.5 Å². The third-order valence-electron chi connectivity index (χ3n) is 14.0. The van der Waals surface area contributed by atoms with Gasteiger partial charge in [-0.15, -0.1) is 0 Å². The zero-order valence-electron chi connectivity index (χ0n) is 37.4. The van der Waals surface area contributed by atoms with Gasteiger partial charge in [-0.05, 0) is 90.0 Å². The molecular formula is C63H37N5O2. The van der Waals surface area contributed by atoms with Crippen LogP contribution < -0.4 is 0 Å². The molecule has 70 heavy (non-hydrogen) atoms. The SMILES string of the molecule is c1ccc(-c2nc(-c3ccc4c(c3)c3ccccc3n4-c3ccccc3)nc(-c3cccc4oc5ccc(-c6cccc7oc8c(-n9c%10ccccc%10c%10ccccc%109)cccc8c67)cc5c34)n2)cc1. The van der Waals surface area contributed by atoms with Crippen LogP contribution in [0.15, 0.2) is 233 Å². The monoisotopic (exact) mass is 895 g/mol. The van der Waals surface area contributed by atoms with Crippen molar-refractivity contribution < 1.29 is 8.83 Å². The Labute approximate surface area is 399 Å². The van der Waals surface area contributed by atoms with Gasteiger partial charge in [0.1, 0.15) is 16.7 Å². The number of nitrogens with zero attached hydrogens (tertiary/aromatic N) is 5. The van der Waals surface area contributed by atoms with Gasteiger partial charge >= 0.3 is 0 Å². The second-order valence-corrected chi connectivity index (χ2v) is 17.9. The van der Waals surface area contributed by atoms with Crippen LogP contribution in [0.25, 0.3) is 144 Å². The Bertz CT molecular complexity index is 4540. The number of para-hydroxylation sites is 5. The average molecular weight is 896 g/mol. The number of fused-ring (bicyclic) bond motifs is 12. The summed E-state index contributed by atoms with van der Waals surface area (Å²) in [4.78, 5) is 15.7. The van der Waals surface area contributed by atoms with E-state index < -0.39 is 0 Å². The number of rotatable bonds is 6. The molecule has 7 nitrogen and oxygen atoms in total. The molecule has 0 radical (unpaired) electrons. The van der Waals surface area contributed by atoms with E-state index in [-0.39, 0.29) is 0 Å². The molecule has 15 aromatic rings. The molecule has 326 valence electrons. The lowest BCUT2D eigenvalue weighted by Crippen LogP contribution is -2.00. The maximum absolute atomic E-state index is 6.89. The number of hydrogen-bond donors (Lipinski definition) is 0. The molecule has 10 aromatic carbocycles. The molecule has 0 saturated carbocycles. The highest BCUT2D eigenvalue weighted by Crippen LogP contribution is 2.44. The fourth-order valence-corrected chi connectivity index (χ4v) is 10.9. The van der Waals surface area contributed by atoms with Gasteiger partial charge in [0.25, 0.3) is 0 Å². The Morgan fingerprint density at radius 3 is 1.57 bits per heavy atom. The van der Waals surface area contributed by atoms with E-state index in [0.717, 1.165) is 116 Å². The fourth-order valence-electron chi connectivity index (χ4n) is 10.9. The first kappa shape index (κ1) is 38.5. The van der Waals surface area contributed by atoms with Crippen LogP contribution in [0.3, 0.4) is 0 Å². The summed E-state index contributed by atoms with van der Waals surface area (Å²) in [5, 5.41) is 8.73. The molecule has 15 rings (SSSR count). The maximum atomic E-state index is 6.89. The molecule has 0 fully saturated rings. The summed E-state index contributed by atoms with van der Waals surface area (Å²) in [6, 6.07) is 78.3. The Balaban J connectivity index is 0.910. The second-order valence-electron chi connectivity index (χ2n) is 17.9. The molecule has 0 unspecified atom stereocenters. The summed E-state index contributed by atoms with van der Waals surface area (Å²) < 4.78 is 18.2. The van der Waals surface area contributed by atoms with E-state index in [0.29, 0.717) is 17.5 Å². The lowest BCUT2D eigenvalue weighted by atomic mass is 9.97. The van der Waals surface area contributed by atoms with E-state index in [4.69, 9.17) is 23.8 Å². The van der Waals surface area contributed by atoms with E-state index in [1.54, 1.807) is 0 Å². The van der Waals surface area contributed by atoms with Gasteiger partial charge in [-0.25, -0.2) is 15.0 Å². The van der Waals surface area contributed by atoms with Crippen LogP contribution in [-0.4, -0.2) is 24.1 Å². The van der Waals surface area contributed by atoms with Crippen molar-refractivity contribution in [3.8, 4) is 56.7 Å². The molecule has 0 saturated heterocycles. The number of hydrogen-bond acceptors (Lipinski definition) is 5. The van der Waals surface area contributed by atoms with Crippen LogP contribution in [0.5, 0.6) is 0 Å². The van der Waals surface area contributed by atoms with Gasteiger partial charge in [0, 0.05) is 65.5 Å². The number of furan rings is 2. The van der Waals surface area contributed by atoms with Gasteiger partial charge in [-0.3, -0.25) is 0 Å². The van der Waals surface area contributed by atoms with Crippen LogP contribution in [0.4, 0.5) is 0 Å². The Kier molecular flexibility index (Phi) is 8.23. The van der Waals surface area contributed by atoms with Crippen LogP contribution in [0.2, 0.25) is 0 Å². The molecule has 0 spiro atoms. The second kappa shape index (κ2) is 15.0. The molecular weight excluding hydrogens is 859 g/mol. The van der Waals surface area contributed by atoms with Gasteiger partial charge in [-0.2, -0.15) is 0 Å². The van der Waals surface area contributed by atoms with Crippen LogP contribution in [-0.2, 0) is 0 Å². The van der Waals surface area contributed by atoms with E-state index in [1.807, 2.05) is 42.5 Å². The van der Waals surface area contributed by atoms with Crippen LogP contribution in [0.1, 0.15) is 0 Å². The highest BCUT2D eigenvalue weighted by atomic mass is 16.3. The Morgan fingerprint density at radius 1 is 0.300 bits per heavy atom. The third kappa shape index (κ3) is 5.72. The van der Waals surface area contributed by atoms with Gasteiger partial charge < -0.3 is 18.0 Å². The van der Waals surface area contributed by atoms with Gasteiger partial charge in [0.15, 0.2) is 23.1 Å². The first-order chi connectivity index (χ1) is 34.7. The van der Waals surface area contributed by atoms with Crippen LogP contribution >= 0.6 is 0 Å². The highest BCUT2D eigenvalue weighted by Gasteiger charge is 2.23. The van der Waals surface area contributed by atoms with Crippen molar-refractivity contribution in [2.75, 3.05) is 0 Å². The number of benzene rings is 10. The first-order valence-electron chi connectivity index (χ1n) is 23.5. The van der Waals surface area contributed by atoms with E-state index in [1.165, 1.54) is 10.8 Å². The van der Waals surface area contributed by atoms with Gasteiger partial charge in [-0.1, -0.05) is 146 Å². The van der Waals surface area contributed by atoms with Crippen molar-refractivity contribution in [1.29, 1.82) is 0 Å². The largest absolute Gasteiger partial charge is 0.456 e. The summed E-state index contributed by atoms with van der Waals surface area (Å²) in [6.45, 7) is 0. The molecule has 0 aliphatic heterocycles. The topological polar surface area (TPSA) is 74.8 Å². The molecule has 0 N–H and O–H groups in total. The average Bonchev–Trinajstić information content (AvgIpc) is 4.19. The Morgan fingerprint density at radius 2 is 0.829 bits per heavy atom. The van der Waals surface area contributed by atoms with E-state index in [2.05, 4.69) is 191 Å². The van der Waals surface area contributed by atoms with Crippen molar-refractivity contribution in [2.24, 2.45) is 0 Å². The predicted molar refractivity (Wildman–Crippen MR) is 285 cm³/mol. The summed E-state index contributed by atoms with van der Waals surface area (Å²) in [6.07, 6.45) is 0. The molecule has 0 bridgehead atoms. The van der Waals surface area contributed by atoms with Gasteiger partial charge in [0.05, 0.1) is 27.8 Å². The summed E-state index contributed by atoms with van der Waals surface area (Å²) >= 11 is 0. The summed E-state index contributed by atoms with van der Waals surface area (Å²) in [5.41, 5.74) is 14.6. The maximum Gasteiger partial charge on any atom is 0.164 e. The molecule has 0 amide bonds. The molecule has 7 heteroatoms. The standard InChI is InChI=1S/C63H37N5O2/c1-3-16-38(17-4-1)61-64-62(40-32-34-53-48(37-40)45-22-9-10-26-50(45)67(53)41-18-5-2-6-19-41)66-63(65-61)47-25-15-30-56-59(47)49-36-39(33-35-55(49)69-56)42-23-14-31-57-58(42)46-24-13-29-54(60(46)70-57)68-51-27-11-7-20-43(51)44-21-8-12-28-52(44)68/h1-37H. The minimum Gasteiger partial charge on any atom is -0.456 e. The Hall–Kier alpha value is -9.59. The van der Waals surface area contributed by atoms with Gasteiger partial charge in [0.2, 0.25) is 0 Å². The minimum absolute atomic E-state index is 0.565. The zero-order valence-corrected chi connectivity index (χ0v) is 37.4. The minimum atomic E-state index is 0.565. The van der Waals surface area contributed by atoms with E-state index >= 15 is 0 Å². The third-order valence-corrected chi connectivity index (χ3v) is 14.0. The quantitative estimate of drug-likeness (QED) is 0.166. The highest BCUT2D eigenvalue weighted by molar-refractivity contribution is 6.18. The predicted octanol–water partition coefficient (Wildman–Crippen LogP) is 16.5. The summed E-state index contributed by atoms with van der Waals surface area (Å²) in [7, 11) is 0. The summed E-state index contributed by atoms with van der Waals surface area (Å²) in [5.74, 6) is 1.75. The molecule has 0 aliphatic carbocycles. The zero-order chi connectivity index (χ0) is 45.9. The van der Waals surface area contributed by atoms with Crippen molar-refractivity contribution in [1.82, 2.24) is 24.1 Å². The molecule has 5 aromatic heterocycles. The lowest BCUT2D eigenvalue weighted by molar-refractivity contribution is 0.666. The van der Waals surface area contributed by atoms with Crippen molar-refractivity contribution in [2.45, 2.75) is 0 Å². The van der Waals surface area contributed by atoms with Crippen molar-refractivity contribution in [3.05, 3.63) is 224 Å². The lowest BCUT2D eigenvalue weighted by Gasteiger charge is -2.10. The number of aromatic nitrogens is 5.